The van der Waals surface area contributed by atoms with Crippen molar-refractivity contribution in [2.24, 2.45) is 0 Å². The van der Waals surface area contributed by atoms with Gasteiger partial charge in [-0.1, -0.05) is 12.1 Å². The number of benzene rings is 2. The lowest BCUT2D eigenvalue weighted by Gasteiger charge is -2.19. The van der Waals surface area contributed by atoms with Gasteiger partial charge in [0.05, 0.1) is 21.3 Å². The lowest BCUT2D eigenvalue weighted by atomic mass is 10.1. The van der Waals surface area contributed by atoms with Crippen molar-refractivity contribution < 1.29 is 23.4 Å². The van der Waals surface area contributed by atoms with Crippen LogP contribution in [0.5, 0.6) is 17.2 Å². The van der Waals surface area contributed by atoms with Crippen molar-refractivity contribution in [3.63, 3.8) is 0 Å². The average Bonchev–Trinajstić information content (AvgIpc) is 2.69. The average molecular weight is 373 g/mol. The van der Waals surface area contributed by atoms with Gasteiger partial charge in [0.2, 0.25) is 5.91 Å². The summed E-state index contributed by atoms with van der Waals surface area (Å²) in [5, 5.41) is 0. The number of hydrogen-bond acceptors (Lipinski definition) is 4. The number of carbonyl (C=O) groups excluding carboxylic acids is 1. The van der Waals surface area contributed by atoms with Crippen LogP contribution in [0.1, 0.15) is 18.1 Å². The zero-order valence-electron chi connectivity index (χ0n) is 16.0. The highest BCUT2D eigenvalue weighted by Crippen LogP contribution is 2.35. The lowest BCUT2D eigenvalue weighted by molar-refractivity contribution is -0.126. The molecule has 2 aromatic rings. The molecule has 27 heavy (non-hydrogen) atoms. The number of carbonyl (C=O) groups is 1. The zero-order chi connectivity index (χ0) is 19.8. The van der Waals surface area contributed by atoms with Gasteiger partial charge in [-0.05, 0) is 36.8 Å². The van der Waals surface area contributed by atoms with Gasteiger partial charge in [-0.2, -0.15) is 0 Å². The van der Waals surface area contributed by atoms with Crippen LogP contribution in [0.15, 0.2) is 42.5 Å². The minimum atomic E-state index is -0.318. The molecule has 0 aromatic heterocycles. The predicted molar refractivity (Wildman–Crippen MR) is 103 cm³/mol. The smallest absolute Gasteiger partial charge is 0.246 e. The first-order valence-corrected chi connectivity index (χ1v) is 8.53. The molecule has 5 nitrogen and oxygen atoms in total. The highest BCUT2D eigenvalue weighted by molar-refractivity contribution is 5.92. The van der Waals surface area contributed by atoms with E-state index in [4.69, 9.17) is 14.2 Å². The molecule has 0 atom stereocenters. The van der Waals surface area contributed by atoms with Crippen molar-refractivity contribution in [3.8, 4) is 17.2 Å². The van der Waals surface area contributed by atoms with Crippen molar-refractivity contribution in [3.05, 3.63) is 59.4 Å². The molecular formula is C21H24FNO4. The molecule has 0 bridgehead atoms. The number of methoxy groups -OCH3 is 3. The number of ether oxygens (including phenoxy) is 3. The molecule has 0 radical (unpaired) electrons. The van der Waals surface area contributed by atoms with Crippen molar-refractivity contribution in [1.29, 1.82) is 0 Å². The van der Waals surface area contributed by atoms with E-state index in [1.807, 2.05) is 6.92 Å². The van der Waals surface area contributed by atoms with Crippen LogP contribution in [-0.4, -0.2) is 38.7 Å². The van der Waals surface area contributed by atoms with Crippen LogP contribution < -0.4 is 14.2 Å². The third-order valence-electron chi connectivity index (χ3n) is 4.10. The predicted octanol–water partition coefficient (Wildman–Crippen LogP) is 3.91. The molecule has 2 rings (SSSR count). The number of likely N-dealkylation sites (N-methyl/N-ethyl adjacent to an activating group) is 1. The second kappa shape index (κ2) is 9.62. The Balaban J connectivity index is 2.21. The molecule has 0 aliphatic carbocycles. The van der Waals surface area contributed by atoms with Gasteiger partial charge in [0, 0.05) is 30.8 Å². The largest absolute Gasteiger partial charge is 0.496 e. The summed E-state index contributed by atoms with van der Waals surface area (Å²) in [6.45, 7) is 2.71. The van der Waals surface area contributed by atoms with E-state index in [2.05, 4.69) is 0 Å². The van der Waals surface area contributed by atoms with Crippen LogP contribution in [-0.2, 0) is 11.3 Å². The Kier molecular flexibility index (Phi) is 7.23. The molecule has 1 amide bonds. The van der Waals surface area contributed by atoms with E-state index >= 15 is 0 Å². The molecule has 0 saturated carbocycles. The van der Waals surface area contributed by atoms with Crippen molar-refractivity contribution in [2.45, 2.75) is 13.5 Å². The molecule has 0 aliphatic heterocycles. The van der Waals surface area contributed by atoms with E-state index in [-0.39, 0.29) is 11.7 Å². The van der Waals surface area contributed by atoms with Crippen molar-refractivity contribution in [1.82, 2.24) is 4.90 Å². The van der Waals surface area contributed by atoms with Gasteiger partial charge < -0.3 is 19.1 Å². The highest BCUT2D eigenvalue weighted by atomic mass is 19.1. The first-order valence-electron chi connectivity index (χ1n) is 8.53. The summed E-state index contributed by atoms with van der Waals surface area (Å²) in [4.78, 5) is 14.2. The Bertz CT molecular complexity index is 820. The Labute approximate surface area is 159 Å². The summed E-state index contributed by atoms with van der Waals surface area (Å²) in [5.74, 6) is 1.14. The van der Waals surface area contributed by atoms with Crippen LogP contribution in [0.4, 0.5) is 4.39 Å². The van der Waals surface area contributed by atoms with Crippen molar-refractivity contribution >= 4 is 12.0 Å². The van der Waals surface area contributed by atoms with Crippen LogP contribution in [0, 0.1) is 5.82 Å². The molecule has 0 aliphatic rings. The van der Waals surface area contributed by atoms with Gasteiger partial charge in [0.25, 0.3) is 0 Å². The first-order chi connectivity index (χ1) is 13.0. The summed E-state index contributed by atoms with van der Waals surface area (Å²) < 4.78 is 29.3. The van der Waals surface area contributed by atoms with Crippen LogP contribution in [0.3, 0.4) is 0 Å². The van der Waals surface area contributed by atoms with E-state index in [1.54, 1.807) is 56.6 Å². The lowest BCUT2D eigenvalue weighted by Crippen LogP contribution is -2.28. The fourth-order valence-corrected chi connectivity index (χ4v) is 2.65. The minimum absolute atomic E-state index is 0.182. The van der Waals surface area contributed by atoms with Crippen LogP contribution in [0.25, 0.3) is 6.08 Å². The number of halogens is 1. The quantitative estimate of drug-likeness (QED) is 0.658. The third-order valence-corrected chi connectivity index (χ3v) is 4.10. The second-order valence-corrected chi connectivity index (χ2v) is 5.76. The monoisotopic (exact) mass is 373 g/mol. The van der Waals surface area contributed by atoms with E-state index in [1.165, 1.54) is 18.2 Å². The molecule has 144 valence electrons. The van der Waals surface area contributed by atoms with E-state index in [9.17, 15) is 9.18 Å². The first kappa shape index (κ1) is 20.3. The molecule has 6 heteroatoms. The van der Waals surface area contributed by atoms with Gasteiger partial charge in [0.15, 0.2) is 11.5 Å². The van der Waals surface area contributed by atoms with Crippen LogP contribution >= 0.6 is 0 Å². The topological polar surface area (TPSA) is 48.0 Å². The van der Waals surface area contributed by atoms with Gasteiger partial charge in [0.1, 0.15) is 11.6 Å². The SMILES string of the molecule is CCN(Cc1cccc(F)c1)C(=O)/C=C/c1cc(OC)c(OC)cc1OC. The maximum absolute atomic E-state index is 13.4. The summed E-state index contributed by atoms with van der Waals surface area (Å²) in [6, 6.07) is 9.67. The molecule has 0 heterocycles. The fraction of sp³-hybridized carbons (Fsp3) is 0.286. The third kappa shape index (κ3) is 5.23. The van der Waals surface area contributed by atoms with Gasteiger partial charge >= 0.3 is 0 Å². The Hall–Kier alpha value is -3.02. The fourth-order valence-electron chi connectivity index (χ4n) is 2.65. The van der Waals surface area contributed by atoms with Crippen LogP contribution in [0.2, 0.25) is 0 Å². The Morgan fingerprint density at radius 3 is 2.30 bits per heavy atom. The van der Waals surface area contributed by atoms with E-state index in [0.717, 1.165) is 5.56 Å². The van der Waals surface area contributed by atoms with E-state index in [0.29, 0.717) is 35.9 Å². The summed E-state index contributed by atoms with van der Waals surface area (Å²) in [5.41, 5.74) is 1.42. The standard InChI is InChI=1S/C21H24FNO4/c1-5-23(14-15-7-6-8-17(22)11-15)21(24)10-9-16-12-19(26-3)20(27-4)13-18(16)25-2/h6-13H,5,14H2,1-4H3/b10-9+. The Morgan fingerprint density at radius 1 is 1.04 bits per heavy atom. The maximum atomic E-state index is 13.4. The highest BCUT2D eigenvalue weighted by Gasteiger charge is 2.12. The normalized spacial score (nSPS) is 10.7. The summed E-state index contributed by atoms with van der Waals surface area (Å²) in [7, 11) is 4.63. The molecule has 0 spiro atoms. The molecule has 2 aromatic carbocycles. The minimum Gasteiger partial charge on any atom is -0.496 e. The second-order valence-electron chi connectivity index (χ2n) is 5.76. The van der Waals surface area contributed by atoms with Gasteiger partial charge in [-0.3, -0.25) is 4.79 Å². The molecule has 0 fully saturated rings. The van der Waals surface area contributed by atoms with Crippen molar-refractivity contribution in [2.75, 3.05) is 27.9 Å². The molecule has 0 unspecified atom stereocenters. The number of amides is 1. The maximum Gasteiger partial charge on any atom is 0.246 e. The number of rotatable bonds is 8. The zero-order valence-corrected chi connectivity index (χ0v) is 16.0. The van der Waals surface area contributed by atoms with Gasteiger partial charge in [-0.15, -0.1) is 0 Å². The van der Waals surface area contributed by atoms with Gasteiger partial charge in [-0.25, -0.2) is 4.39 Å². The number of nitrogens with zero attached hydrogens (tertiary/aromatic N) is 1. The summed E-state index contributed by atoms with van der Waals surface area (Å²) >= 11 is 0. The number of hydrogen-bond donors (Lipinski definition) is 0. The molecular weight excluding hydrogens is 349 g/mol. The molecule has 0 N–H and O–H groups in total. The van der Waals surface area contributed by atoms with E-state index < -0.39 is 0 Å². The Morgan fingerprint density at radius 2 is 1.70 bits per heavy atom. The molecule has 0 saturated heterocycles. The summed E-state index contributed by atoms with van der Waals surface area (Å²) in [6.07, 6.45) is 3.13.